The smallest absolute Gasteiger partial charge is 0.308 e. The molecule has 1 N–H and O–H groups in total. The third-order valence-electron chi connectivity index (χ3n) is 3.71. The van der Waals surface area contributed by atoms with Gasteiger partial charge in [0, 0.05) is 36.2 Å². The maximum Gasteiger partial charge on any atom is 0.323 e. The van der Waals surface area contributed by atoms with Crippen LogP contribution >= 0.6 is 11.8 Å². The van der Waals surface area contributed by atoms with E-state index in [-0.39, 0.29) is 16.7 Å². The van der Waals surface area contributed by atoms with E-state index in [4.69, 9.17) is 0 Å². The van der Waals surface area contributed by atoms with Crippen molar-refractivity contribution in [2.45, 2.75) is 5.37 Å². The molecule has 2 amide bonds. The summed E-state index contributed by atoms with van der Waals surface area (Å²) in [6, 6.07) is 8.69. The molecule has 0 saturated carbocycles. The predicted octanol–water partition coefficient (Wildman–Crippen LogP) is 4.15. The van der Waals surface area contributed by atoms with Gasteiger partial charge in [0.1, 0.15) is 5.37 Å². The highest BCUT2D eigenvalue weighted by Crippen LogP contribution is 2.38. The molecular formula is C16H13F2N3O3S. The number of halogens is 2. The van der Waals surface area contributed by atoms with Crippen LogP contribution < -0.4 is 5.32 Å². The number of thioether (sulfide) groups is 1. The van der Waals surface area contributed by atoms with Crippen molar-refractivity contribution < 1.29 is 18.5 Å². The zero-order chi connectivity index (χ0) is 18.0. The van der Waals surface area contributed by atoms with E-state index in [1.165, 1.54) is 30.0 Å². The summed E-state index contributed by atoms with van der Waals surface area (Å²) in [7, 11) is 0. The second-order valence-corrected chi connectivity index (χ2v) is 6.51. The molecule has 130 valence electrons. The first kappa shape index (κ1) is 17.2. The molecule has 0 bridgehead atoms. The van der Waals surface area contributed by atoms with Crippen molar-refractivity contribution in [2.24, 2.45) is 0 Å². The van der Waals surface area contributed by atoms with Crippen LogP contribution in [-0.4, -0.2) is 28.2 Å². The molecule has 2 aromatic carbocycles. The van der Waals surface area contributed by atoms with Crippen LogP contribution in [0, 0.1) is 21.7 Å². The van der Waals surface area contributed by atoms with Crippen molar-refractivity contribution in [3.05, 3.63) is 69.8 Å². The van der Waals surface area contributed by atoms with Crippen LogP contribution in [-0.2, 0) is 0 Å². The SMILES string of the molecule is O=C(Nc1ccc(F)c(F)c1)N1CCSC1c1ccc([N+](=O)[O-])cc1. The number of nitrogens with zero attached hydrogens (tertiary/aromatic N) is 2. The molecule has 6 nitrogen and oxygen atoms in total. The number of anilines is 1. The summed E-state index contributed by atoms with van der Waals surface area (Å²) in [6.07, 6.45) is 0. The Morgan fingerprint density at radius 3 is 2.56 bits per heavy atom. The van der Waals surface area contributed by atoms with E-state index in [0.717, 1.165) is 17.7 Å². The Morgan fingerprint density at radius 1 is 1.20 bits per heavy atom. The molecule has 1 aliphatic rings. The number of urea groups is 1. The van der Waals surface area contributed by atoms with Crippen LogP contribution in [0.25, 0.3) is 0 Å². The molecule has 1 heterocycles. The van der Waals surface area contributed by atoms with E-state index in [9.17, 15) is 23.7 Å². The van der Waals surface area contributed by atoms with Crippen LogP contribution in [0.1, 0.15) is 10.9 Å². The molecule has 0 aliphatic carbocycles. The van der Waals surface area contributed by atoms with Gasteiger partial charge in [0.25, 0.3) is 5.69 Å². The first-order chi connectivity index (χ1) is 12.0. The Bertz CT molecular complexity index is 817. The average Bonchev–Trinajstić information content (AvgIpc) is 3.08. The predicted molar refractivity (Wildman–Crippen MR) is 90.4 cm³/mol. The summed E-state index contributed by atoms with van der Waals surface area (Å²) in [4.78, 5) is 24.2. The number of hydrogen-bond donors (Lipinski definition) is 1. The van der Waals surface area contributed by atoms with Gasteiger partial charge in [0.15, 0.2) is 11.6 Å². The van der Waals surface area contributed by atoms with E-state index in [1.54, 1.807) is 17.0 Å². The lowest BCUT2D eigenvalue weighted by Crippen LogP contribution is -2.34. The van der Waals surface area contributed by atoms with Crippen molar-refractivity contribution in [3.63, 3.8) is 0 Å². The number of nitrogens with one attached hydrogen (secondary N) is 1. The number of rotatable bonds is 3. The van der Waals surface area contributed by atoms with Crippen LogP contribution in [0.2, 0.25) is 0 Å². The van der Waals surface area contributed by atoms with Crippen molar-refractivity contribution >= 4 is 29.2 Å². The highest BCUT2D eigenvalue weighted by molar-refractivity contribution is 7.99. The lowest BCUT2D eigenvalue weighted by molar-refractivity contribution is -0.384. The minimum Gasteiger partial charge on any atom is -0.308 e. The third-order valence-corrected chi connectivity index (χ3v) is 4.97. The quantitative estimate of drug-likeness (QED) is 0.655. The minimum absolute atomic E-state index is 0.0236. The highest BCUT2D eigenvalue weighted by Gasteiger charge is 2.31. The molecule has 1 atom stereocenters. The number of nitro groups is 1. The standard InChI is InChI=1S/C16H13F2N3O3S/c17-13-6-3-11(9-14(13)18)19-16(22)20-7-8-25-15(20)10-1-4-12(5-2-10)21(23)24/h1-6,9,15H,7-8H2,(H,19,22). The Balaban J connectivity index is 1.75. The number of hydrogen-bond acceptors (Lipinski definition) is 4. The van der Waals surface area contributed by atoms with Gasteiger partial charge in [-0.15, -0.1) is 11.8 Å². The number of benzene rings is 2. The van der Waals surface area contributed by atoms with Crippen molar-refractivity contribution in [2.75, 3.05) is 17.6 Å². The summed E-state index contributed by atoms with van der Waals surface area (Å²) in [5.41, 5.74) is 0.890. The van der Waals surface area contributed by atoms with Gasteiger partial charge in [-0.3, -0.25) is 10.1 Å². The molecule has 25 heavy (non-hydrogen) atoms. The second-order valence-electron chi connectivity index (χ2n) is 5.32. The van der Waals surface area contributed by atoms with Gasteiger partial charge in [-0.25, -0.2) is 13.6 Å². The maximum absolute atomic E-state index is 13.3. The molecular weight excluding hydrogens is 352 g/mol. The van der Waals surface area contributed by atoms with E-state index in [2.05, 4.69) is 5.32 Å². The first-order valence-corrected chi connectivity index (χ1v) is 8.39. The summed E-state index contributed by atoms with van der Waals surface area (Å²) in [5, 5.41) is 13.0. The average molecular weight is 365 g/mol. The van der Waals surface area contributed by atoms with Crippen molar-refractivity contribution in [1.29, 1.82) is 0 Å². The van der Waals surface area contributed by atoms with Crippen LogP contribution in [0.15, 0.2) is 42.5 Å². The van der Waals surface area contributed by atoms with E-state index >= 15 is 0 Å². The van der Waals surface area contributed by atoms with Crippen molar-refractivity contribution in [1.82, 2.24) is 4.90 Å². The lowest BCUT2D eigenvalue weighted by Gasteiger charge is -2.24. The van der Waals surface area contributed by atoms with Crippen LogP contribution in [0.4, 0.5) is 25.0 Å². The Labute approximate surface area is 146 Å². The zero-order valence-electron chi connectivity index (χ0n) is 12.8. The second kappa shape index (κ2) is 7.06. The largest absolute Gasteiger partial charge is 0.323 e. The number of carbonyl (C=O) groups excluding carboxylic acids is 1. The zero-order valence-corrected chi connectivity index (χ0v) is 13.6. The fraction of sp³-hybridized carbons (Fsp3) is 0.188. The first-order valence-electron chi connectivity index (χ1n) is 7.34. The van der Waals surface area contributed by atoms with Gasteiger partial charge >= 0.3 is 6.03 Å². The molecule has 2 aromatic rings. The fourth-order valence-electron chi connectivity index (χ4n) is 2.48. The number of non-ortho nitro benzene ring substituents is 1. The molecule has 0 spiro atoms. The van der Waals surface area contributed by atoms with Gasteiger partial charge in [-0.05, 0) is 29.8 Å². The van der Waals surface area contributed by atoms with Crippen LogP contribution in [0.5, 0.6) is 0 Å². The Hall–Kier alpha value is -2.68. The summed E-state index contributed by atoms with van der Waals surface area (Å²) in [6.45, 7) is 0.474. The van der Waals surface area contributed by atoms with E-state index < -0.39 is 22.6 Å². The number of carbonyl (C=O) groups is 1. The minimum atomic E-state index is -1.04. The highest BCUT2D eigenvalue weighted by atomic mass is 32.2. The summed E-state index contributed by atoms with van der Waals surface area (Å²) >= 11 is 1.52. The van der Waals surface area contributed by atoms with E-state index in [1.807, 2.05) is 0 Å². The molecule has 0 aromatic heterocycles. The van der Waals surface area contributed by atoms with Gasteiger partial charge in [-0.1, -0.05) is 0 Å². The van der Waals surface area contributed by atoms with E-state index in [0.29, 0.717) is 12.3 Å². The monoisotopic (exact) mass is 365 g/mol. The molecule has 1 fully saturated rings. The molecule has 1 unspecified atom stereocenters. The fourth-order valence-corrected chi connectivity index (χ4v) is 3.74. The summed E-state index contributed by atoms with van der Waals surface area (Å²) < 4.78 is 26.2. The lowest BCUT2D eigenvalue weighted by atomic mass is 10.2. The molecule has 1 aliphatic heterocycles. The molecule has 0 radical (unpaired) electrons. The van der Waals surface area contributed by atoms with Crippen LogP contribution in [0.3, 0.4) is 0 Å². The molecule has 3 rings (SSSR count). The topological polar surface area (TPSA) is 75.5 Å². The molecule has 9 heteroatoms. The third kappa shape index (κ3) is 3.71. The number of nitro benzene ring substituents is 1. The van der Waals surface area contributed by atoms with Crippen molar-refractivity contribution in [3.8, 4) is 0 Å². The maximum atomic E-state index is 13.3. The normalized spacial score (nSPS) is 16.7. The Morgan fingerprint density at radius 2 is 1.92 bits per heavy atom. The van der Waals surface area contributed by atoms with Gasteiger partial charge in [-0.2, -0.15) is 0 Å². The number of amides is 2. The summed E-state index contributed by atoms with van der Waals surface area (Å²) in [5.74, 6) is -1.33. The Kier molecular flexibility index (Phi) is 4.84. The molecule has 1 saturated heterocycles. The van der Waals surface area contributed by atoms with Gasteiger partial charge < -0.3 is 10.2 Å². The van der Waals surface area contributed by atoms with Gasteiger partial charge in [0.05, 0.1) is 4.92 Å². The van der Waals surface area contributed by atoms with Gasteiger partial charge in [0.2, 0.25) is 0 Å².